The van der Waals surface area contributed by atoms with Crippen molar-refractivity contribution in [3.8, 4) is 11.8 Å². The SMILES string of the molecule is CC#CCNCc1ccn(CCC)c1. The van der Waals surface area contributed by atoms with Gasteiger partial charge >= 0.3 is 0 Å². The van der Waals surface area contributed by atoms with Crippen molar-refractivity contribution >= 4 is 0 Å². The highest BCUT2D eigenvalue weighted by atomic mass is 14.9. The molecule has 0 aromatic carbocycles. The molecule has 0 saturated carbocycles. The molecule has 0 fully saturated rings. The number of nitrogens with one attached hydrogen (secondary N) is 1. The molecule has 0 aliphatic rings. The van der Waals surface area contributed by atoms with Crippen molar-refractivity contribution in [3.63, 3.8) is 0 Å². The van der Waals surface area contributed by atoms with E-state index in [4.69, 9.17) is 0 Å². The van der Waals surface area contributed by atoms with Crippen LogP contribution in [0.25, 0.3) is 0 Å². The van der Waals surface area contributed by atoms with Gasteiger partial charge in [0.1, 0.15) is 0 Å². The summed E-state index contributed by atoms with van der Waals surface area (Å²) in [6, 6.07) is 2.15. The molecule has 0 aliphatic heterocycles. The van der Waals surface area contributed by atoms with Crippen LogP contribution in [0.5, 0.6) is 0 Å². The molecule has 1 N–H and O–H groups in total. The van der Waals surface area contributed by atoms with Crippen LogP contribution in [0.1, 0.15) is 25.8 Å². The van der Waals surface area contributed by atoms with Gasteiger partial charge in [0, 0.05) is 25.5 Å². The van der Waals surface area contributed by atoms with E-state index >= 15 is 0 Å². The number of rotatable bonds is 5. The lowest BCUT2D eigenvalue weighted by molar-refractivity contribution is 0.678. The van der Waals surface area contributed by atoms with Crippen LogP contribution >= 0.6 is 0 Å². The van der Waals surface area contributed by atoms with Gasteiger partial charge in [0.25, 0.3) is 0 Å². The summed E-state index contributed by atoms with van der Waals surface area (Å²) in [5.41, 5.74) is 1.33. The summed E-state index contributed by atoms with van der Waals surface area (Å²) in [5, 5.41) is 3.27. The van der Waals surface area contributed by atoms with Crippen LogP contribution in [-0.2, 0) is 13.1 Å². The van der Waals surface area contributed by atoms with E-state index in [9.17, 15) is 0 Å². The quantitative estimate of drug-likeness (QED) is 0.555. The molecule has 0 unspecified atom stereocenters. The molecule has 2 nitrogen and oxygen atoms in total. The molecule has 76 valence electrons. The minimum atomic E-state index is 0.773. The molecule has 2 heteroatoms. The highest BCUT2D eigenvalue weighted by molar-refractivity contribution is 5.10. The fourth-order valence-corrected chi connectivity index (χ4v) is 1.35. The molecule has 0 aliphatic carbocycles. The van der Waals surface area contributed by atoms with Crippen LogP contribution < -0.4 is 5.32 Å². The van der Waals surface area contributed by atoms with Gasteiger partial charge in [-0.1, -0.05) is 12.8 Å². The van der Waals surface area contributed by atoms with Crippen LogP contribution in [0, 0.1) is 11.8 Å². The third kappa shape index (κ3) is 3.68. The van der Waals surface area contributed by atoms with Crippen LogP contribution in [0.4, 0.5) is 0 Å². The van der Waals surface area contributed by atoms with E-state index in [1.807, 2.05) is 6.92 Å². The molecule has 0 atom stereocenters. The van der Waals surface area contributed by atoms with E-state index < -0.39 is 0 Å². The molecule has 1 aromatic heterocycles. The zero-order valence-electron chi connectivity index (χ0n) is 9.01. The summed E-state index contributed by atoms with van der Waals surface area (Å²) < 4.78 is 2.22. The van der Waals surface area contributed by atoms with Gasteiger partial charge in [-0.25, -0.2) is 0 Å². The number of aryl methyl sites for hydroxylation is 1. The lowest BCUT2D eigenvalue weighted by atomic mass is 10.3. The Morgan fingerprint density at radius 1 is 1.50 bits per heavy atom. The largest absolute Gasteiger partial charge is 0.354 e. The topological polar surface area (TPSA) is 17.0 Å². The molecule has 14 heavy (non-hydrogen) atoms. The predicted octanol–water partition coefficient (Wildman–Crippen LogP) is 2.01. The normalized spacial score (nSPS) is 9.57. The van der Waals surface area contributed by atoms with E-state index in [0.717, 1.165) is 19.6 Å². The highest BCUT2D eigenvalue weighted by Gasteiger charge is 1.94. The predicted molar refractivity (Wildman–Crippen MR) is 59.9 cm³/mol. The average Bonchev–Trinajstić information content (AvgIpc) is 2.61. The maximum Gasteiger partial charge on any atom is 0.0579 e. The lowest BCUT2D eigenvalue weighted by Gasteiger charge is -1.98. The molecule has 1 aromatic rings. The Morgan fingerprint density at radius 2 is 2.36 bits per heavy atom. The Bertz CT molecular complexity index is 315. The van der Waals surface area contributed by atoms with Crippen molar-refractivity contribution in [3.05, 3.63) is 24.0 Å². The smallest absolute Gasteiger partial charge is 0.0579 e. The highest BCUT2D eigenvalue weighted by Crippen LogP contribution is 2.01. The minimum Gasteiger partial charge on any atom is -0.354 e. The molecule has 0 radical (unpaired) electrons. The summed E-state index contributed by atoms with van der Waals surface area (Å²) in [6.07, 6.45) is 5.50. The number of hydrogen-bond donors (Lipinski definition) is 1. The first-order valence-corrected chi connectivity index (χ1v) is 5.11. The molecule has 0 saturated heterocycles. The third-order valence-corrected chi connectivity index (χ3v) is 2.01. The van der Waals surface area contributed by atoms with Crippen molar-refractivity contribution < 1.29 is 0 Å². The number of hydrogen-bond acceptors (Lipinski definition) is 1. The molecule has 0 spiro atoms. The summed E-state index contributed by atoms with van der Waals surface area (Å²) in [5.74, 6) is 5.84. The monoisotopic (exact) mass is 190 g/mol. The van der Waals surface area contributed by atoms with E-state index in [0.29, 0.717) is 0 Å². The second-order valence-electron chi connectivity index (χ2n) is 3.29. The van der Waals surface area contributed by atoms with E-state index in [-0.39, 0.29) is 0 Å². The van der Waals surface area contributed by atoms with Crippen molar-refractivity contribution in [1.82, 2.24) is 9.88 Å². The van der Waals surface area contributed by atoms with Gasteiger partial charge in [0.05, 0.1) is 6.54 Å². The first-order valence-electron chi connectivity index (χ1n) is 5.11. The van der Waals surface area contributed by atoms with Crippen molar-refractivity contribution in [2.24, 2.45) is 0 Å². The van der Waals surface area contributed by atoms with Crippen LogP contribution in [-0.4, -0.2) is 11.1 Å². The Hall–Kier alpha value is -1.20. The average molecular weight is 190 g/mol. The Labute approximate surface area is 86.3 Å². The first-order chi connectivity index (χ1) is 6.86. The fraction of sp³-hybridized carbons (Fsp3) is 0.500. The van der Waals surface area contributed by atoms with Crippen molar-refractivity contribution in [2.45, 2.75) is 33.4 Å². The third-order valence-electron chi connectivity index (χ3n) is 2.01. The molecule has 0 bridgehead atoms. The van der Waals surface area contributed by atoms with Crippen LogP contribution in [0.15, 0.2) is 18.5 Å². The standard InChI is InChI=1S/C12H18N2/c1-3-5-7-13-10-12-6-9-14(11-12)8-4-2/h6,9,11,13H,4,7-8,10H2,1-2H3. The Balaban J connectivity index is 2.31. The summed E-state index contributed by atoms with van der Waals surface area (Å²) in [4.78, 5) is 0. The van der Waals surface area contributed by atoms with Gasteiger partial charge < -0.3 is 9.88 Å². The lowest BCUT2D eigenvalue weighted by Crippen LogP contribution is -2.12. The Morgan fingerprint density at radius 3 is 3.07 bits per heavy atom. The maximum atomic E-state index is 3.27. The van der Waals surface area contributed by atoms with Crippen molar-refractivity contribution in [2.75, 3.05) is 6.54 Å². The zero-order chi connectivity index (χ0) is 10.2. The Kier molecular flexibility index (Phi) is 4.88. The van der Waals surface area contributed by atoms with Gasteiger partial charge in [-0.2, -0.15) is 0 Å². The molecular formula is C12H18N2. The first kappa shape index (κ1) is 10.9. The van der Waals surface area contributed by atoms with Crippen LogP contribution in [0.3, 0.4) is 0 Å². The maximum absolute atomic E-state index is 3.27. The van der Waals surface area contributed by atoms with Gasteiger partial charge in [0.2, 0.25) is 0 Å². The van der Waals surface area contributed by atoms with Gasteiger partial charge in [-0.3, -0.25) is 0 Å². The van der Waals surface area contributed by atoms with E-state index in [1.165, 1.54) is 12.0 Å². The zero-order valence-corrected chi connectivity index (χ0v) is 9.01. The second-order valence-corrected chi connectivity index (χ2v) is 3.29. The van der Waals surface area contributed by atoms with Crippen molar-refractivity contribution in [1.29, 1.82) is 0 Å². The van der Waals surface area contributed by atoms with E-state index in [2.05, 4.69) is 47.1 Å². The second kappa shape index (κ2) is 6.28. The minimum absolute atomic E-state index is 0.773. The fourth-order valence-electron chi connectivity index (χ4n) is 1.35. The summed E-state index contributed by atoms with van der Waals surface area (Å²) in [6.45, 7) is 6.84. The summed E-state index contributed by atoms with van der Waals surface area (Å²) >= 11 is 0. The molecule has 1 heterocycles. The van der Waals surface area contributed by atoms with Gasteiger partial charge in [-0.05, 0) is 25.0 Å². The van der Waals surface area contributed by atoms with Gasteiger partial charge in [-0.15, -0.1) is 5.92 Å². The molecule has 1 rings (SSSR count). The van der Waals surface area contributed by atoms with Crippen LogP contribution in [0.2, 0.25) is 0 Å². The number of nitrogens with zero attached hydrogens (tertiary/aromatic N) is 1. The van der Waals surface area contributed by atoms with E-state index in [1.54, 1.807) is 0 Å². The summed E-state index contributed by atoms with van der Waals surface area (Å²) in [7, 11) is 0. The molecular weight excluding hydrogens is 172 g/mol. The van der Waals surface area contributed by atoms with Gasteiger partial charge in [0.15, 0.2) is 0 Å². The number of aromatic nitrogens is 1. The molecule has 0 amide bonds.